The predicted octanol–water partition coefficient (Wildman–Crippen LogP) is 2.46. The summed E-state index contributed by atoms with van der Waals surface area (Å²) in [7, 11) is 0. The highest BCUT2D eigenvalue weighted by atomic mass is 16.3. The van der Waals surface area contributed by atoms with Crippen LogP contribution in [0.2, 0.25) is 0 Å². The summed E-state index contributed by atoms with van der Waals surface area (Å²) in [5, 5.41) is 21.9. The highest BCUT2D eigenvalue weighted by molar-refractivity contribution is 5.94. The Morgan fingerprint density at radius 2 is 0.943 bits per heavy atom. The van der Waals surface area contributed by atoms with Gasteiger partial charge in [-0.05, 0) is 81.1 Å². The number of piperidine rings is 2. The molecule has 0 unspecified atom stereocenters. The number of β-amino-alcohol motifs (C(OH)–C–C–N with tert-alkyl or cyclic N) is 2. The van der Waals surface area contributed by atoms with E-state index in [1.165, 1.54) is 0 Å². The fraction of sp³-hybridized carbons (Fsp3) is 0.923. The molecule has 202 valence electrons. The Morgan fingerprint density at radius 1 is 0.657 bits per heavy atom. The first-order chi connectivity index (χ1) is 16.1. The maximum absolute atomic E-state index is 13.3. The van der Waals surface area contributed by atoms with Crippen LogP contribution < -0.4 is 5.32 Å². The molecule has 3 saturated heterocycles. The van der Waals surface area contributed by atoms with E-state index < -0.39 is 0 Å². The SMILES string of the molecule is CC1(C)CC(N2CCN(C3CC(C)(C)N(CCO)C(C)(C)C3)C(=O)NC2=O)CC(C)(C)N1CCO. The van der Waals surface area contributed by atoms with E-state index in [0.717, 1.165) is 25.7 Å². The highest BCUT2D eigenvalue weighted by Crippen LogP contribution is 2.42. The van der Waals surface area contributed by atoms with Gasteiger partial charge in [-0.25, -0.2) is 9.59 Å². The van der Waals surface area contributed by atoms with Crippen LogP contribution in [-0.4, -0.2) is 116 Å². The van der Waals surface area contributed by atoms with E-state index in [2.05, 4.69) is 70.5 Å². The Hall–Kier alpha value is -1.42. The van der Waals surface area contributed by atoms with Crippen molar-refractivity contribution in [3.05, 3.63) is 0 Å². The zero-order chi connectivity index (χ0) is 26.4. The molecule has 3 fully saturated rings. The standard InChI is InChI=1S/C26H49N5O4/c1-23(2)15-19(16-24(3,4)30(23)11-13-32)28-9-10-29(22(35)27-21(28)34)20-17-25(5,6)31(12-14-33)26(7,8)18-20/h19-20,32-33H,9-18H2,1-8H3,(H,27,34,35). The van der Waals surface area contributed by atoms with Crippen LogP contribution in [0.3, 0.4) is 0 Å². The molecule has 3 N–H and O–H groups in total. The number of hydrogen-bond donors (Lipinski definition) is 3. The monoisotopic (exact) mass is 495 g/mol. The lowest BCUT2D eigenvalue weighted by atomic mass is 9.76. The summed E-state index contributed by atoms with van der Waals surface area (Å²) >= 11 is 0. The number of rotatable bonds is 6. The first-order valence-corrected chi connectivity index (χ1v) is 13.2. The minimum Gasteiger partial charge on any atom is -0.395 e. The number of nitrogens with one attached hydrogen (secondary N) is 1. The number of carbonyl (C=O) groups is 2. The number of hydrogen-bond acceptors (Lipinski definition) is 6. The van der Waals surface area contributed by atoms with Gasteiger partial charge in [-0.2, -0.15) is 0 Å². The van der Waals surface area contributed by atoms with Gasteiger partial charge < -0.3 is 20.0 Å². The molecular weight excluding hydrogens is 446 g/mol. The number of likely N-dealkylation sites (tertiary alicyclic amines) is 2. The zero-order valence-electron chi connectivity index (χ0n) is 23.2. The van der Waals surface area contributed by atoms with Crippen LogP contribution in [-0.2, 0) is 0 Å². The third kappa shape index (κ3) is 5.63. The van der Waals surface area contributed by atoms with Crippen molar-refractivity contribution in [2.45, 2.75) is 115 Å². The number of imide groups is 1. The van der Waals surface area contributed by atoms with Crippen molar-refractivity contribution < 1.29 is 19.8 Å². The van der Waals surface area contributed by atoms with Crippen LogP contribution >= 0.6 is 0 Å². The molecule has 0 spiro atoms. The zero-order valence-corrected chi connectivity index (χ0v) is 23.2. The van der Waals surface area contributed by atoms with Crippen LogP contribution in [0.1, 0.15) is 81.1 Å². The first kappa shape index (κ1) is 28.2. The van der Waals surface area contributed by atoms with E-state index in [1.807, 2.05) is 9.80 Å². The normalized spacial score (nSPS) is 28.2. The van der Waals surface area contributed by atoms with Crippen LogP contribution in [0.25, 0.3) is 0 Å². The molecule has 3 aliphatic heterocycles. The molecule has 0 bridgehead atoms. The molecule has 3 rings (SSSR count). The van der Waals surface area contributed by atoms with Crippen molar-refractivity contribution in [1.82, 2.24) is 24.9 Å². The van der Waals surface area contributed by atoms with E-state index in [-0.39, 0.29) is 59.5 Å². The summed E-state index contributed by atoms with van der Waals surface area (Å²) in [4.78, 5) is 34.9. The summed E-state index contributed by atoms with van der Waals surface area (Å²) in [6.45, 7) is 19.8. The number of aliphatic hydroxyl groups excluding tert-OH is 2. The minimum atomic E-state index is -0.305. The largest absolute Gasteiger partial charge is 0.395 e. The van der Waals surface area contributed by atoms with Crippen LogP contribution in [0.4, 0.5) is 9.59 Å². The van der Waals surface area contributed by atoms with E-state index >= 15 is 0 Å². The third-order valence-electron chi connectivity index (χ3n) is 8.71. The summed E-state index contributed by atoms with van der Waals surface area (Å²) in [5.41, 5.74) is -0.726. The molecule has 9 nitrogen and oxygen atoms in total. The predicted molar refractivity (Wildman–Crippen MR) is 137 cm³/mol. The van der Waals surface area contributed by atoms with Crippen molar-refractivity contribution in [3.63, 3.8) is 0 Å². The second-order valence-electron chi connectivity index (χ2n) is 13.2. The van der Waals surface area contributed by atoms with Crippen LogP contribution in [0.15, 0.2) is 0 Å². The van der Waals surface area contributed by atoms with E-state index in [9.17, 15) is 19.8 Å². The first-order valence-electron chi connectivity index (χ1n) is 13.2. The van der Waals surface area contributed by atoms with Gasteiger partial charge in [0.05, 0.1) is 13.2 Å². The average molecular weight is 496 g/mol. The molecule has 35 heavy (non-hydrogen) atoms. The smallest absolute Gasteiger partial charge is 0.325 e. The number of amides is 4. The molecule has 4 amide bonds. The van der Waals surface area contributed by atoms with Gasteiger partial charge in [0.15, 0.2) is 0 Å². The molecule has 0 aliphatic carbocycles. The molecule has 3 heterocycles. The molecular formula is C26H49N5O4. The van der Waals surface area contributed by atoms with Gasteiger partial charge in [0.2, 0.25) is 0 Å². The second-order valence-corrected chi connectivity index (χ2v) is 13.2. The van der Waals surface area contributed by atoms with Gasteiger partial charge in [0.1, 0.15) is 0 Å². The lowest BCUT2D eigenvalue weighted by molar-refractivity contribution is -0.0692. The fourth-order valence-corrected chi connectivity index (χ4v) is 7.73. The van der Waals surface area contributed by atoms with Crippen molar-refractivity contribution in [3.8, 4) is 0 Å². The fourth-order valence-electron chi connectivity index (χ4n) is 7.73. The summed E-state index contributed by atoms with van der Waals surface area (Å²) in [6, 6.07) is -0.578. The molecule has 0 aromatic carbocycles. The van der Waals surface area contributed by atoms with Gasteiger partial charge in [0, 0.05) is 60.4 Å². The Morgan fingerprint density at radius 3 is 1.20 bits per heavy atom. The third-order valence-corrected chi connectivity index (χ3v) is 8.71. The molecule has 9 heteroatoms. The lowest BCUT2D eigenvalue weighted by Gasteiger charge is -2.57. The van der Waals surface area contributed by atoms with Gasteiger partial charge in [-0.3, -0.25) is 15.1 Å². The maximum atomic E-state index is 13.3. The average Bonchev–Trinajstić information content (AvgIpc) is 2.83. The van der Waals surface area contributed by atoms with E-state index in [1.54, 1.807) is 0 Å². The lowest BCUT2D eigenvalue weighted by Crippen LogP contribution is -2.65. The molecule has 0 radical (unpaired) electrons. The Balaban J connectivity index is 1.78. The number of urea groups is 2. The van der Waals surface area contributed by atoms with E-state index in [0.29, 0.717) is 26.2 Å². The second kappa shape index (κ2) is 9.80. The van der Waals surface area contributed by atoms with Gasteiger partial charge in [-0.15, -0.1) is 0 Å². The summed E-state index contributed by atoms with van der Waals surface area (Å²) in [6.07, 6.45) is 3.16. The van der Waals surface area contributed by atoms with Gasteiger partial charge in [-0.1, -0.05) is 0 Å². The number of carbonyl (C=O) groups excluding carboxylic acids is 2. The quantitative estimate of drug-likeness (QED) is 0.524. The van der Waals surface area contributed by atoms with Gasteiger partial charge >= 0.3 is 12.1 Å². The van der Waals surface area contributed by atoms with Crippen LogP contribution in [0, 0.1) is 0 Å². The number of aliphatic hydroxyl groups is 2. The molecule has 0 saturated carbocycles. The van der Waals surface area contributed by atoms with Gasteiger partial charge in [0.25, 0.3) is 0 Å². The number of nitrogens with zero attached hydrogens (tertiary/aromatic N) is 4. The van der Waals surface area contributed by atoms with E-state index in [4.69, 9.17) is 0 Å². The Kier molecular flexibility index (Phi) is 7.88. The molecule has 0 aromatic rings. The van der Waals surface area contributed by atoms with Crippen molar-refractivity contribution in [2.24, 2.45) is 0 Å². The Labute approximate surface area is 211 Å². The minimum absolute atomic E-state index is 0.0157. The summed E-state index contributed by atoms with van der Waals surface area (Å²) in [5.74, 6) is 0. The van der Waals surface area contributed by atoms with Crippen molar-refractivity contribution in [1.29, 1.82) is 0 Å². The molecule has 0 aromatic heterocycles. The molecule has 3 aliphatic rings. The van der Waals surface area contributed by atoms with Crippen molar-refractivity contribution >= 4 is 12.1 Å². The topological polar surface area (TPSA) is 99.6 Å². The summed E-state index contributed by atoms with van der Waals surface area (Å²) < 4.78 is 0. The van der Waals surface area contributed by atoms with Crippen molar-refractivity contribution in [2.75, 3.05) is 39.4 Å². The maximum Gasteiger partial charge on any atom is 0.325 e. The molecule has 0 atom stereocenters. The van der Waals surface area contributed by atoms with Crippen LogP contribution in [0.5, 0.6) is 0 Å². The Bertz CT molecular complexity index is 697. The highest BCUT2D eigenvalue weighted by Gasteiger charge is 2.50.